The highest BCUT2D eigenvalue weighted by molar-refractivity contribution is 5.50. The highest BCUT2D eigenvalue weighted by atomic mass is 14.8. The lowest BCUT2D eigenvalue weighted by molar-refractivity contribution is 0.955. The minimum atomic E-state index is 1.08. The van der Waals surface area contributed by atoms with Gasteiger partial charge in [-0.25, -0.2) is 0 Å². The molecule has 0 aliphatic heterocycles. The van der Waals surface area contributed by atoms with Gasteiger partial charge in [-0.2, -0.15) is 0 Å². The van der Waals surface area contributed by atoms with Crippen LogP contribution in [-0.2, 0) is 6.42 Å². The number of pyridine rings is 1. The number of hydrogen-bond donors (Lipinski definition) is 0. The van der Waals surface area contributed by atoms with Crippen molar-refractivity contribution in [3.05, 3.63) is 48.1 Å². The molecule has 2 heterocycles. The molecule has 13 heavy (non-hydrogen) atoms. The Morgan fingerprint density at radius 2 is 2.15 bits per heavy atom. The molecule has 2 aromatic heterocycles. The third-order valence-corrected chi connectivity index (χ3v) is 2.12. The van der Waals surface area contributed by atoms with Gasteiger partial charge in [0, 0.05) is 17.9 Å². The summed E-state index contributed by atoms with van der Waals surface area (Å²) >= 11 is 0. The smallest absolute Gasteiger partial charge is 0.0452 e. The van der Waals surface area contributed by atoms with E-state index in [4.69, 9.17) is 0 Å². The number of aromatic nitrogens is 1. The second-order valence-corrected chi connectivity index (χ2v) is 3.77. The van der Waals surface area contributed by atoms with Crippen molar-refractivity contribution in [2.75, 3.05) is 0 Å². The van der Waals surface area contributed by atoms with Gasteiger partial charge in [-0.1, -0.05) is 19.9 Å². The lowest BCUT2D eigenvalue weighted by atomic mass is 10.1. The van der Waals surface area contributed by atoms with Crippen LogP contribution in [-0.4, -0.2) is 4.40 Å². The maximum atomic E-state index is 2.24. The van der Waals surface area contributed by atoms with Crippen LogP contribution in [0.1, 0.15) is 19.4 Å². The summed E-state index contributed by atoms with van der Waals surface area (Å²) in [6.07, 6.45) is 5.37. The second-order valence-electron chi connectivity index (χ2n) is 3.77. The molecule has 2 aromatic rings. The first kappa shape index (κ1) is 8.36. The van der Waals surface area contributed by atoms with Crippen molar-refractivity contribution < 1.29 is 0 Å². The summed E-state index contributed by atoms with van der Waals surface area (Å²) in [5.74, 6) is 1.45. The topological polar surface area (TPSA) is 4.41 Å². The third-order valence-electron chi connectivity index (χ3n) is 2.12. The Balaban J connectivity index is 2.38. The van der Waals surface area contributed by atoms with Crippen molar-refractivity contribution in [1.82, 2.24) is 4.40 Å². The number of rotatable bonds is 2. The molecule has 0 fully saturated rings. The SMILES string of the molecule is C[C](C)Cc1cc2ccccn2c1. The molecule has 2 rings (SSSR count). The lowest BCUT2D eigenvalue weighted by Crippen LogP contribution is -1.88. The molecule has 0 aliphatic carbocycles. The predicted molar refractivity (Wildman–Crippen MR) is 55.7 cm³/mol. The molecule has 0 saturated heterocycles. The first-order valence-corrected chi connectivity index (χ1v) is 4.60. The maximum Gasteiger partial charge on any atom is 0.0452 e. The fourth-order valence-corrected chi connectivity index (χ4v) is 1.62. The summed E-state index contributed by atoms with van der Waals surface area (Å²) in [4.78, 5) is 0. The highest BCUT2D eigenvalue weighted by Gasteiger charge is 2.00. The summed E-state index contributed by atoms with van der Waals surface area (Å²) in [6.45, 7) is 4.34. The van der Waals surface area contributed by atoms with E-state index in [1.807, 2.05) is 0 Å². The van der Waals surface area contributed by atoms with Crippen molar-refractivity contribution in [2.45, 2.75) is 20.3 Å². The van der Waals surface area contributed by atoms with Crippen molar-refractivity contribution in [1.29, 1.82) is 0 Å². The molecule has 1 radical (unpaired) electrons. The average molecular weight is 172 g/mol. The Labute approximate surface area is 79.0 Å². The maximum absolute atomic E-state index is 2.24. The van der Waals surface area contributed by atoms with E-state index in [0.717, 1.165) is 6.42 Å². The van der Waals surface area contributed by atoms with E-state index in [2.05, 4.69) is 54.9 Å². The second kappa shape index (κ2) is 3.25. The minimum absolute atomic E-state index is 1.08. The van der Waals surface area contributed by atoms with Crippen LogP contribution in [0.5, 0.6) is 0 Å². The molecule has 1 nitrogen and oxygen atoms in total. The number of hydrogen-bond acceptors (Lipinski definition) is 0. The largest absolute Gasteiger partial charge is 0.324 e. The highest BCUT2D eigenvalue weighted by Crippen LogP contribution is 2.14. The molecule has 0 bridgehead atoms. The van der Waals surface area contributed by atoms with E-state index < -0.39 is 0 Å². The van der Waals surface area contributed by atoms with Gasteiger partial charge in [0.05, 0.1) is 0 Å². The van der Waals surface area contributed by atoms with Crippen molar-refractivity contribution in [3.8, 4) is 0 Å². The lowest BCUT2D eigenvalue weighted by Gasteiger charge is -1.98. The van der Waals surface area contributed by atoms with Crippen LogP contribution in [0.15, 0.2) is 36.7 Å². The summed E-state index contributed by atoms with van der Waals surface area (Å²) in [5, 5.41) is 0. The van der Waals surface area contributed by atoms with Gasteiger partial charge in [0.25, 0.3) is 0 Å². The summed E-state index contributed by atoms with van der Waals surface area (Å²) in [7, 11) is 0. The summed E-state index contributed by atoms with van der Waals surface area (Å²) in [6, 6.07) is 8.50. The van der Waals surface area contributed by atoms with Crippen LogP contribution in [0.4, 0.5) is 0 Å². The monoisotopic (exact) mass is 172 g/mol. The van der Waals surface area contributed by atoms with Gasteiger partial charge < -0.3 is 4.40 Å². The molecule has 0 amide bonds. The predicted octanol–water partition coefficient (Wildman–Crippen LogP) is 3.10. The zero-order valence-electron chi connectivity index (χ0n) is 8.12. The van der Waals surface area contributed by atoms with Crippen LogP contribution in [0.25, 0.3) is 5.52 Å². The van der Waals surface area contributed by atoms with Crippen molar-refractivity contribution in [3.63, 3.8) is 0 Å². The Hall–Kier alpha value is -1.24. The molecular formula is C12H14N. The molecule has 1 heteroatoms. The van der Waals surface area contributed by atoms with E-state index >= 15 is 0 Å². The third kappa shape index (κ3) is 1.74. The Kier molecular flexibility index (Phi) is 2.09. The average Bonchev–Trinajstić information content (AvgIpc) is 2.44. The number of fused-ring (bicyclic) bond motifs is 1. The van der Waals surface area contributed by atoms with E-state index in [0.29, 0.717) is 0 Å². The first-order valence-electron chi connectivity index (χ1n) is 4.60. The zero-order chi connectivity index (χ0) is 9.26. The first-order chi connectivity index (χ1) is 6.25. The van der Waals surface area contributed by atoms with Crippen LogP contribution >= 0.6 is 0 Å². The molecule has 0 unspecified atom stereocenters. The van der Waals surface area contributed by atoms with Crippen LogP contribution in [0.3, 0.4) is 0 Å². The van der Waals surface area contributed by atoms with E-state index in [9.17, 15) is 0 Å². The molecule has 0 aliphatic rings. The molecule has 67 valence electrons. The van der Waals surface area contributed by atoms with E-state index in [-0.39, 0.29) is 0 Å². The van der Waals surface area contributed by atoms with Gasteiger partial charge in [0.2, 0.25) is 0 Å². The molecule has 0 spiro atoms. The van der Waals surface area contributed by atoms with Crippen LogP contribution in [0.2, 0.25) is 0 Å². The molecular weight excluding hydrogens is 158 g/mol. The van der Waals surface area contributed by atoms with Gasteiger partial charge in [0.15, 0.2) is 0 Å². The summed E-state index contributed by atoms with van der Waals surface area (Å²) in [5.41, 5.74) is 2.67. The van der Waals surface area contributed by atoms with E-state index in [1.54, 1.807) is 0 Å². The molecule has 0 aromatic carbocycles. The van der Waals surface area contributed by atoms with Gasteiger partial charge >= 0.3 is 0 Å². The minimum Gasteiger partial charge on any atom is -0.324 e. The standard InChI is InChI=1S/C12H14N/c1-10(2)7-11-8-12-5-3-4-6-13(12)9-11/h3-6,8-9H,7H2,1-2H3. The molecule has 0 saturated carbocycles. The molecule has 0 atom stereocenters. The van der Waals surface area contributed by atoms with Gasteiger partial charge in [-0.15, -0.1) is 0 Å². The number of nitrogens with zero attached hydrogens (tertiary/aromatic N) is 1. The normalized spacial score (nSPS) is 11.3. The zero-order valence-corrected chi connectivity index (χ0v) is 8.12. The van der Waals surface area contributed by atoms with Crippen LogP contribution in [0, 0.1) is 5.92 Å². The summed E-state index contributed by atoms with van der Waals surface area (Å²) < 4.78 is 2.16. The molecule has 0 N–H and O–H groups in total. The van der Waals surface area contributed by atoms with Gasteiger partial charge in [0.1, 0.15) is 0 Å². The van der Waals surface area contributed by atoms with Gasteiger partial charge in [-0.3, -0.25) is 0 Å². The van der Waals surface area contributed by atoms with Gasteiger partial charge in [-0.05, 0) is 36.1 Å². The van der Waals surface area contributed by atoms with Crippen molar-refractivity contribution in [2.24, 2.45) is 0 Å². The van der Waals surface area contributed by atoms with Crippen LogP contribution < -0.4 is 0 Å². The van der Waals surface area contributed by atoms with E-state index in [1.165, 1.54) is 17.0 Å². The van der Waals surface area contributed by atoms with Crippen molar-refractivity contribution >= 4 is 5.52 Å². The Morgan fingerprint density at radius 1 is 1.31 bits per heavy atom. The fraction of sp³-hybridized carbons (Fsp3) is 0.250. The fourth-order valence-electron chi connectivity index (χ4n) is 1.62. The quantitative estimate of drug-likeness (QED) is 0.655. The Bertz CT molecular complexity index is 365. The Morgan fingerprint density at radius 3 is 2.85 bits per heavy atom.